The fourth-order valence-electron chi connectivity index (χ4n) is 2.79. The summed E-state index contributed by atoms with van der Waals surface area (Å²) in [6, 6.07) is 5.86. The molecule has 0 saturated heterocycles. The summed E-state index contributed by atoms with van der Waals surface area (Å²) in [5.41, 5.74) is 1.79. The van der Waals surface area contributed by atoms with Crippen molar-refractivity contribution < 1.29 is 4.79 Å². The number of amides is 1. The SMILES string of the molecule is O=C1Nc2cc(Cl)ccc2NC2CCCCC12. The minimum absolute atomic E-state index is 0.0925. The summed E-state index contributed by atoms with van der Waals surface area (Å²) in [4.78, 5) is 12.1. The van der Waals surface area contributed by atoms with Gasteiger partial charge in [0.25, 0.3) is 0 Å². The minimum atomic E-state index is 0.0925. The Hall–Kier alpha value is -1.22. The van der Waals surface area contributed by atoms with Crippen molar-refractivity contribution in [3.8, 4) is 0 Å². The number of carbonyl (C=O) groups is 1. The largest absolute Gasteiger partial charge is 0.380 e. The van der Waals surface area contributed by atoms with Gasteiger partial charge in [0.15, 0.2) is 0 Å². The lowest BCUT2D eigenvalue weighted by atomic mass is 9.84. The van der Waals surface area contributed by atoms with Gasteiger partial charge in [-0.3, -0.25) is 4.79 Å². The maximum atomic E-state index is 12.1. The molecule has 1 amide bonds. The predicted octanol–water partition coefficient (Wildman–Crippen LogP) is 3.26. The Balaban J connectivity index is 1.97. The number of halogens is 1. The summed E-state index contributed by atoms with van der Waals surface area (Å²) in [6.45, 7) is 0. The molecule has 1 saturated carbocycles. The Kier molecular flexibility index (Phi) is 2.71. The Morgan fingerprint density at radius 3 is 2.88 bits per heavy atom. The van der Waals surface area contributed by atoms with Gasteiger partial charge in [-0.15, -0.1) is 0 Å². The van der Waals surface area contributed by atoms with Gasteiger partial charge in [0.05, 0.1) is 17.3 Å². The second-order valence-corrected chi connectivity index (χ2v) is 5.26. The zero-order valence-corrected chi connectivity index (χ0v) is 10.3. The molecule has 4 heteroatoms. The van der Waals surface area contributed by atoms with Crippen LogP contribution < -0.4 is 10.6 Å². The Bertz CT molecular complexity index is 461. The van der Waals surface area contributed by atoms with Gasteiger partial charge in [-0.1, -0.05) is 24.4 Å². The van der Waals surface area contributed by atoms with E-state index in [-0.39, 0.29) is 17.9 Å². The molecule has 17 heavy (non-hydrogen) atoms. The molecule has 1 fully saturated rings. The minimum Gasteiger partial charge on any atom is -0.380 e. The zero-order valence-electron chi connectivity index (χ0n) is 9.50. The van der Waals surface area contributed by atoms with E-state index in [1.807, 2.05) is 12.1 Å². The first-order chi connectivity index (χ1) is 8.24. The normalized spacial score (nSPS) is 27.2. The van der Waals surface area contributed by atoms with E-state index in [0.29, 0.717) is 5.02 Å². The second-order valence-electron chi connectivity index (χ2n) is 4.82. The first-order valence-corrected chi connectivity index (χ1v) is 6.49. The topological polar surface area (TPSA) is 41.1 Å². The third kappa shape index (κ3) is 2.00. The van der Waals surface area contributed by atoms with Crippen LogP contribution >= 0.6 is 11.6 Å². The molecule has 3 nitrogen and oxygen atoms in total. The highest BCUT2D eigenvalue weighted by Crippen LogP contribution is 2.35. The number of hydrogen-bond acceptors (Lipinski definition) is 2. The summed E-state index contributed by atoms with van der Waals surface area (Å²) >= 11 is 5.95. The maximum Gasteiger partial charge on any atom is 0.229 e. The summed E-state index contributed by atoms with van der Waals surface area (Å²) < 4.78 is 0. The molecule has 0 bridgehead atoms. The molecule has 90 valence electrons. The molecule has 1 aliphatic carbocycles. The summed E-state index contributed by atoms with van der Waals surface area (Å²) in [6.07, 6.45) is 4.39. The average molecular weight is 251 g/mol. The highest BCUT2D eigenvalue weighted by molar-refractivity contribution is 6.31. The lowest BCUT2D eigenvalue weighted by Crippen LogP contribution is -2.37. The fourth-order valence-corrected chi connectivity index (χ4v) is 2.96. The van der Waals surface area contributed by atoms with E-state index in [4.69, 9.17) is 11.6 Å². The van der Waals surface area contributed by atoms with Gasteiger partial charge >= 0.3 is 0 Å². The molecule has 0 spiro atoms. The molecule has 1 aromatic carbocycles. The van der Waals surface area contributed by atoms with Gasteiger partial charge in [0.2, 0.25) is 5.91 Å². The first kappa shape index (κ1) is 10.9. The quantitative estimate of drug-likeness (QED) is 0.742. The van der Waals surface area contributed by atoms with Crippen LogP contribution in [0.4, 0.5) is 11.4 Å². The van der Waals surface area contributed by atoms with Crippen LogP contribution in [0, 0.1) is 5.92 Å². The van der Waals surface area contributed by atoms with Crippen molar-refractivity contribution in [2.24, 2.45) is 5.92 Å². The third-order valence-electron chi connectivity index (χ3n) is 3.68. The monoisotopic (exact) mass is 250 g/mol. The van der Waals surface area contributed by atoms with Crippen molar-refractivity contribution in [2.45, 2.75) is 31.7 Å². The van der Waals surface area contributed by atoms with Crippen LogP contribution in [-0.4, -0.2) is 11.9 Å². The van der Waals surface area contributed by atoms with E-state index in [2.05, 4.69) is 10.6 Å². The molecule has 1 heterocycles. The van der Waals surface area contributed by atoms with Crippen molar-refractivity contribution in [3.05, 3.63) is 23.2 Å². The van der Waals surface area contributed by atoms with E-state index >= 15 is 0 Å². The summed E-state index contributed by atoms with van der Waals surface area (Å²) in [7, 11) is 0. The molecule has 2 unspecified atom stereocenters. The molecule has 2 atom stereocenters. The number of anilines is 2. The summed E-state index contributed by atoms with van der Waals surface area (Å²) in [5.74, 6) is 0.221. The molecule has 0 aromatic heterocycles. The van der Waals surface area contributed by atoms with Gasteiger partial charge < -0.3 is 10.6 Å². The molecule has 2 aliphatic rings. The van der Waals surface area contributed by atoms with Gasteiger partial charge in [-0.05, 0) is 31.0 Å². The number of benzene rings is 1. The molecular weight excluding hydrogens is 236 g/mol. The number of hydrogen-bond donors (Lipinski definition) is 2. The zero-order chi connectivity index (χ0) is 11.8. The summed E-state index contributed by atoms with van der Waals surface area (Å²) in [5, 5.41) is 7.10. The lowest BCUT2D eigenvalue weighted by molar-refractivity contribution is -0.120. The van der Waals surface area contributed by atoms with Crippen LogP contribution in [0.5, 0.6) is 0 Å². The average Bonchev–Trinajstić information content (AvgIpc) is 2.46. The maximum absolute atomic E-state index is 12.1. The standard InChI is InChI=1S/C13H15ClN2O/c14-8-5-6-11-12(7-8)16-13(17)9-3-1-2-4-10(9)15-11/h5-7,9-10,15H,1-4H2,(H,16,17). The molecule has 2 N–H and O–H groups in total. The van der Waals surface area contributed by atoms with Crippen molar-refractivity contribution in [1.29, 1.82) is 0 Å². The van der Waals surface area contributed by atoms with Crippen LogP contribution in [0.2, 0.25) is 5.02 Å². The number of fused-ring (bicyclic) bond motifs is 2. The van der Waals surface area contributed by atoms with Crippen molar-refractivity contribution in [1.82, 2.24) is 0 Å². The van der Waals surface area contributed by atoms with Crippen molar-refractivity contribution in [2.75, 3.05) is 10.6 Å². The Labute approximate surface area is 106 Å². The van der Waals surface area contributed by atoms with E-state index in [9.17, 15) is 4.79 Å². The van der Waals surface area contributed by atoms with Crippen molar-refractivity contribution in [3.63, 3.8) is 0 Å². The second kappa shape index (κ2) is 4.22. The van der Waals surface area contributed by atoms with Crippen LogP contribution in [0.15, 0.2) is 18.2 Å². The fraction of sp³-hybridized carbons (Fsp3) is 0.462. The van der Waals surface area contributed by atoms with Gasteiger partial charge in [-0.25, -0.2) is 0 Å². The smallest absolute Gasteiger partial charge is 0.229 e. The predicted molar refractivity (Wildman–Crippen MR) is 69.5 cm³/mol. The Morgan fingerprint density at radius 1 is 1.18 bits per heavy atom. The third-order valence-corrected chi connectivity index (χ3v) is 3.92. The van der Waals surface area contributed by atoms with E-state index in [1.54, 1.807) is 6.07 Å². The highest BCUT2D eigenvalue weighted by atomic mass is 35.5. The first-order valence-electron chi connectivity index (χ1n) is 6.11. The number of rotatable bonds is 0. The molecule has 0 radical (unpaired) electrons. The van der Waals surface area contributed by atoms with Gasteiger partial charge in [0.1, 0.15) is 0 Å². The van der Waals surface area contributed by atoms with Crippen LogP contribution in [0.3, 0.4) is 0 Å². The lowest BCUT2D eigenvalue weighted by Gasteiger charge is -2.29. The van der Waals surface area contributed by atoms with Crippen LogP contribution in [-0.2, 0) is 4.79 Å². The van der Waals surface area contributed by atoms with E-state index in [1.165, 1.54) is 6.42 Å². The molecular formula is C13H15ClN2O. The highest BCUT2D eigenvalue weighted by Gasteiger charge is 2.33. The Morgan fingerprint density at radius 2 is 2.00 bits per heavy atom. The number of nitrogens with one attached hydrogen (secondary N) is 2. The van der Waals surface area contributed by atoms with Gasteiger partial charge in [0, 0.05) is 11.1 Å². The molecule has 3 rings (SSSR count). The number of carbonyl (C=O) groups excluding carboxylic acids is 1. The van der Waals surface area contributed by atoms with Gasteiger partial charge in [-0.2, -0.15) is 0 Å². The van der Waals surface area contributed by atoms with Crippen LogP contribution in [0.1, 0.15) is 25.7 Å². The molecule has 1 aromatic rings. The van der Waals surface area contributed by atoms with E-state index < -0.39 is 0 Å². The van der Waals surface area contributed by atoms with Crippen molar-refractivity contribution >= 4 is 28.9 Å². The van der Waals surface area contributed by atoms with E-state index in [0.717, 1.165) is 30.6 Å². The molecule has 1 aliphatic heterocycles. The van der Waals surface area contributed by atoms with Crippen LogP contribution in [0.25, 0.3) is 0 Å².